The number of carbonyl (C=O) groups is 3. The van der Waals surface area contributed by atoms with Crippen molar-refractivity contribution in [3.05, 3.63) is 35.4 Å². The Bertz CT molecular complexity index is 492. The fourth-order valence-electron chi connectivity index (χ4n) is 1.97. The molecule has 0 aliphatic heterocycles. The van der Waals surface area contributed by atoms with Crippen molar-refractivity contribution in [1.82, 2.24) is 5.32 Å². The molecule has 1 amide bonds. The monoisotopic (exact) mass is 247 g/mol. The molecule has 94 valence electrons. The molecule has 1 saturated carbocycles. The van der Waals surface area contributed by atoms with Crippen molar-refractivity contribution in [2.24, 2.45) is 0 Å². The number of hydrogen-bond acceptors (Lipinski definition) is 3. The van der Waals surface area contributed by atoms with Gasteiger partial charge in [-0.15, -0.1) is 0 Å². The van der Waals surface area contributed by atoms with Crippen molar-refractivity contribution in [3.8, 4) is 0 Å². The number of carboxylic acids is 1. The molecule has 0 aromatic heterocycles. The molecule has 1 aromatic rings. The minimum absolute atomic E-state index is 0.0607. The van der Waals surface area contributed by atoms with E-state index in [0.717, 1.165) is 6.42 Å². The van der Waals surface area contributed by atoms with Gasteiger partial charge >= 0.3 is 5.97 Å². The molecular formula is C13H13NO4. The summed E-state index contributed by atoms with van der Waals surface area (Å²) in [5.74, 6) is -1.31. The Kier molecular flexibility index (Phi) is 3.41. The van der Waals surface area contributed by atoms with Gasteiger partial charge in [-0.2, -0.15) is 0 Å². The third-order valence-corrected chi connectivity index (χ3v) is 3.00. The lowest BCUT2D eigenvalue weighted by atomic mass is 10.1. The molecule has 0 heterocycles. The summed E-state index contributed by atoms with van der Waals surface area (Å²) in [6, 6.07) is 5.23. The number of carbonyl (C=O) groups excluding carboxylic acids is 2. The minimum atomic E-state index is -1.03. The SMILES string of the molecule is O=C(O)c1ccc(C(=O)N[C@@H]2CCCC2=O)cc1. The second-order valence-corrected chi connectivity index (χ2v) is 4.27. The predicted molar refractivity (Wildman–Crippen MR) is 63.5 cm³/mol. The van der Waals surface area contributed by atoms with Crippen LogP contribution >= 0.6 is 0 Å². The molecule has 0 bridgehead atoms. The molecule has 5 nitrogen and oxygen atoms in total. The van der Waals surface area contributed by atoms with E-state index < -0.39 is 12.0 Å². The smallest absolute Gasteiger partial charge is 0.335 e. The van der Waals surface area contributed by atoms with E-state index in [2.05, 4.69) is 5.32 Å². The molecule has 0 spiro atoms. The molecule has 5 heteroatoms. The number of ketones is 1. The number of hydrogen-bond donors (Lipinski definition) is 2. The lowest BCUT2D eigenvalue weighted by Crippen LogP contribution is -2.37. The normalized spacial score (nSPS) is 18.7. The van der Waals surface area contributed by atoms with E-state index >= 15 is 0 Å². The average molecular weight is 247 g/mol. The van der Waals surface area contributed by atoms with Crippen LogP contribution in [0, 0.1) is 0 Å². The number of carboxylic acid groups (broad SMARTS) is 1. The van der Waals surface area contributed by atoms with Crippen LogP contribution in [0.15, 0.2) is 24.3 Å². The van der Waals surface area contributed by atoms with E-state index in [9.17, 15) is 14.4 Å². The number of aromatic carboxylic acids is 1. The van der Waals surface area contributed by atoms with Crippen molar-refractivity contribution < 1.29 is 19.5 Å². The van der Waals surface area contributed by atoms with Gasteiger partial charge in [-0.3, -0.25) is 9.59 Å². The molecule has 1 aromatic carbocycles. The Balaban J connectivity index is 2.04. The molecule has 2 rings (SSSR count). The zero-order valence-corrected chi connectivity index (χ0v) is 9.68. The molecule has 1 fully saturated rings. The van der Waals surface area contributed by atoms with Crippen molar-refractivity contribution >= 4 is 17.7 Å². The molecule has 0 unspecified atom stereocenters. The first-order valence-electron chi connectivity index (χ1n) is 5.75. The maximum atomic E-state index is 11.8. The van der Waals surface area contributed by atoms with Crippen LogP contribution in [0.4, 0.5) is 0 Å². The molecular weight excluding hydrogens is 234 g/mol. The highest BCUT2D eigenvalue weighted by molar-refractivity contribution is 5.99. The van der Waals surface area contributed by atoms with Crippen molar-refractivity contribution in [3.63, 3.8) is 0 Å². The lowest BCUT2D eigenvalue weighted by molar-refractivity contribution is -0.118. The second kappa shape index (κ2) is 5.00. The summed E-state index contributed by atoms with van der Waals surface area (Å²) in [7, 11) is 0. The topological polar surface area (TPSA) is 83.5 Å². The summed E-state index contributed by atoms with van der Waals surface area (Å²) in [6.45, 7) is 0. The number of nitrogens with one attached hydrogen (secondary N) is 1. The largest absolute Gasteiger partial charge is 0.478 e. The first kappa shape index (κ1) is 12.3. The van der Waals surface area contributed by atoms with Crippen molar-refractivity contribution in [2.75, 3.05) is 0 Å². The fourth-order valence-corrected chi connectivity index (χ4v) is 1.97. The summed E-state index contributed by atoms with van der Waals surface area (Å²) in [6.07, 6.45) is 2.00. The maximum Gasteiger partial charge on any atom is 0.335 e. The van der Waals surface area contributed by atoms with E-state index in [-0.39, 0.29) is 17.3 Å². The zero-order valence-electron chi connectivity index (χ0n) is 9.68. The standard InChI is InChI=1S/C13H13NO4/c15-11-3-1-2-10(11)14-12(16)8-4-6-9(7-5-8)13(17)18/h4-7,10H,1-3H2,(H,14,16)(H,17,18)/t10-/m1/s1. The van der Waals surface area contributed by atoms with Gasteiger partial charge in [0.05, 0.1) is 11.6 Å². The van der Waals surface area contributed by atoms with E-state index in [1.54, 1.807) is 0 Å². The van der Waals surface area contributed by atoms with Gasteiger partial charge in [-0.25, -0.2) is 4.79 Å². The molecule has 1 aliphatic rings. The van der Waals surface area contributed by atoms with Gasteiger partial charge in [0.15, 0.2) is 5.78 Å². The first-order chi connectivity index (χ1) is 8.58. The van der Waals surface area contributed by atoms with Gasteiger partial charge < -0.3 is 10.4 Å². The zero-order chi connectivity index (χ0) is 13.1. The van der Waals surface area contributed by atoms with Gasteiger partial charge in [0.25, 0.3) is 5.91 Å². The van der Waals surface area contributed by atoms with Crippen LogP contribution in [0.1, 0.15) is 40.0 Å². The molecule has 18 heavy (non-hydrogen) atoms. The highest BCUT2D eigenvalue weighted by atomic mass is 16.4. The Morgan fingerprint density at radius 3 is 2.28 bits per heavy atom. The van der Waals surface area contributed by atoms with Crippen LogP contribution in [0.25, 0.3) is 0 Å². The number of Topliss-reactive ketones (excluding diaryl/α,β-unsaturated/α-hetero) is 1. The van der Waals surface area contributed by atoms with E-state index in [1.807, 2.05) is 0 Å². The Labute approximate surface area is 104 Å². The molecule has 2 N–H and O–H groups in total. The van der Waals surface area contributed by atoms with Gasteiger partial charge in [0.2, 0.25) is 0 Å². The van der Waals surface area contributed by atoms with Crippen LogP contribution < -0.4 is 5.32 Å². The quantitative estimate of drug-likeness (QED) is 0.841. The summed E-state index contributed by atoms with van der Waals surface area (Å²) < 4.78 is 0. The third kappa shape index (κ3) is 2.56. The molecule has 0 radical (unpaired) electrons. The Morgan fingerprint density at radius 2 is 1.78 bits per heavy atom. The predicted octanol–water partition coefficient (Wildman–Crippen LogP) is 1.24. The third-order valence-electron chi connectivity index (χ3n) is 3.00. The molecule has 1 atom stereocenters. The number of benzene rings is 1. The van der Waals surface area contributed by atoms with Crippen LogP contribution in [0.3, 0.4) is 0 Å². The van der Waals surface area contributed by atoms with Gasteiger partial charge in [-0.1, -0.05) is 0 Å². The molecule has 0 saturated heterocycles. The van der Waals surface area contributed by atoms with Crippen LogP contribution in [0.2, 0.25) is 0 Å². The molecule has 1 aliphatic carbocycles. The lowest BCUT2D eigenvalue weighted by Gasteiger charge is -2.10. The van der Waals surface area contributed by atoms with E-state index in [0.29, 0.717) is 18.4 Å². The summed E-state index contributed by atoms with van der Waals surface area (Å²) in [5.41, 5.74) is 0.489. The van der Waals surface area contributed by atoms with Gasteiger partial charge in [0, 0.05) is 12.0 Å². The van der Waals surface area contributed by atoms with E-state index in [4.69, 9.17) is 5.11 Å². The Hall–Kier alpha value is -2.17. The fraction of sp³-hybridized carbons (Fsp3) is 0.308. The van der Waals surface area contributed by atoms with Crippen LogP contribution in [-0.2, 0) is 4.79 Å². The highest BCUT2D eigenvalue weighted by Crippen LogP contribution is 2.15. The summed E-state index contributed by atoms with van der Waals surface area (Å²) in [4.78, 5) is 33.9. The maximum absolute atomic E-state index is 11.8. The first-order valence-corrected chi connectivity index (χ1v) is 5.75. The highest BCUT2D eigenvalue weighted by Gasteiger charge is 2.26. The number of rotatable bonds is 3. The average Bonchev–Trinajstić information content (AvgIpc) is 2.75. The summed E-state index contributed by atoms with van der Waals surface area (Å²) >= 11 is 0. The van der Waals surface area contributed by atoms with Crippen molar-refractivity contribution in [2.45, 2.75) is 25.3 Å². The minimum Gasteiger partial charge on any atom is -0.478 e. The summed E-state index contributed by atoms with van der Waals surface area (Å²) in [5, 5.41) is 11.4. The van der Waals surface area contributed by atoms with E-state index in [1.165, 1.54) is 24.3 Å². The van der Waals surface area contributed by atoms with Crippen molar-refractivity contribution in [1.29, 1.82) is 0 Å². The van der Waals surface area contributed by atoms with Gasteiger partial charge in [-0.05, 0) is 37.1 Å². The van der Waals surface area contributed by atoms with Crippen LogP contribution in [0.5, 0.6) is 0 Å². The Morgan fingerprint density at radius 1 is 1.17 bits per heavy atom. The second-order valence-electron chi connectivity index (χ2n) is 4.27. The van der Waals surface area contributed by atoms with Crippen LogP contribution in [-0.4, -0.2) is 28.8 Å². The number of amides is 1. The van der Waals surface area contributed by atoms with Gasteiger partial charge in [0.1, 0.15) is 0 Å².